The normalized spacial score (nSPS) is 10.4. The number of nitrogens with zero attached hydrogens (tertiary/aromatic N) is 1. The summed E-state index contributed by atoms with van der Waals surface area (Å²) < 4.78 is 0. The van der Waals surface area contributed by atoms with Crippen molar-refractivity contribution in [3.05, 3.63) is 101 Å². The predicted octanol–water partition coefficient (Wildman–Crippen LogP) is 5.25. The molecule has 0 saturated carbocycles. The third kappa shape index (κ3) is 4.99. The van der Waals surface area contributed by atoms with Crippen LogP contribution in [0, 0.1) is 0 Å². The Morgan fingerprint density at radius 1 is 0.893 bits per heavy atom. The molecule has 0 saturated heterocycles. The summed E-state index contributed by atoms with van der Waals surface area (Å²) in [6.45, 7) is 3.04. The molecule has 0 atom stereocenters. The molecule has 0 aliphatic carbocycles. The molecule has 2 amide bonds. The van der Waals surface area contributed by atoms with Crippen molar-refractivity contribution in [3.63, 3.8) is 0 Å². The van der Waals surface area contributed by atoms with Gasteiger partial charge in [-0.15, -0.1) is 0 Å². The van der Waals surface area contributed by atoms with E-state index in [1.165, 1.54) is 0 Å². The van der Waals surface area contributed by atoms with Crippen LogP contribution >= 0.6 is 11.6 Å². The minimum atomic E-state index is -0.289. The number of carbonyl (C=O) groups is 2. The van der Waals surface area contributed by atoms with E-state index in [1.54, 1.807) is 53.4 Å². The van der Waals surface area contributed by atoms with E-state index in [9.17, 15) is 9.59 Å². The highest BCUT2D eigenvalue weighted by molar-refractivity contribution is 6.31. The Labute approximate surface area is 169 Å². The van der Waals surface area contributed by atoms with E-state index >= 15 is 0 Å². The Balaban J connectivity index is 1.75. The molecular weight excluding hydrogens is 372 g/mol. The van der Waals surface area contributed by atoms with E-state index in [2.05, 4.69) is 5.32 Å². The fourth-order valence-electron chi connectivity index (χ4n) is 2.88. The summed E-state index contributed by atoms with van der Waals surface area (Å²) in [7, 11) is 0. The van der Waals surface area contributed by atoms with Crippen LogP contribution in [0.1, 0.15) is 33.2 Å². The van der Waals surface area contributed by atoms with Gasteiger partial charge in [-0.2, -0.15) is 0 Å². The molecule has 0 bridgehead atoms. The molecule has 0 unspecified atom stereocenters. The lowest BCUT2D eigenvalue weighted by Crippen LogP contribution is -2.30. The summed E-state index contributed by atoms with van der Waals surface area (Å²) in [5.41, 5.74) is 2.57. The van der Waals surface area contributed by atoms with Crippen molar-refractivity contribution in [1.29, 1.82) is 0 Å². The monoisotopic (exact) mass is 392 g/mol. The molecule has 0 fully saturated rings. The predicted molar refractivity (Wildman–Crippen MR) is 113 cm³/mol. The molecule has 0 heterocycles. The number of anilines is 1. The molecule has 4 nitrogen and oxygen atoms in total. The molecule has 3 aromatic rings. The summed E-state index contributed by atoms with van der Waals surface area (Å²) in [6, 6.07) is 23.5. The zero-order valence-corrected chi connectivity index (χ0v) is 16.3. The minimum absolute atomic E-state index is 0.108. The zero-order chi connectivity index (χ0) is 19.9. The van der Waals surface area contributed by atoms with Crippen LogP contribution in [0.5, 0.6) is 0 Å². The van der Waals surface area contributed by atoms with Crippen molar-refractivity contribution in [1.82, 2.24) is 4.90 Å². The van der Waals surface area contributed by atoms with Gasteiger partial charge < -0.3 is 10.2 Å². The third-order valence-corrected chi connectivity index (χ3v) is 4.57. The molecule has 28 heavy (non-hydrogen) atoms. The highest BCUT2D eigenvalue weighted by Crippen LogP contribution is 2.17. The van der Waals surface area contributed by atoms with Crippen LogP contribution in [-0.4, -0.2) is 23.3 Å². The molecule has 3 rings (SSSR count). The van der Waals surface area contributed by atoms with Crippen LogP contribution in [0.15, 0.2) is 78.9 Å². The fourth-order valence-corrected chi connectivity index (χ4v) is 3.07. The van der Waals surface area contributed by atoms with Crippen molar-refractivity contribution in [2.75, 3.05) is 11.9 Å². The van der Waals surface area contributed by atoms with E-state index in [0.717, 1.165) is 5.56 Å². The maximum atomic E-state index is 12.9. The third-order valence-electron chi connectivity index (χ3n) is 4.34. The first-order valence-corrected chi connectivity index (χ1v) is 9.45. The van der Waals surface area contributed by atoms with Crippen molar-refractivity contribution in [2.45, 2.75) is 13.5 Å². The van der Waals surface area contributed by atoms with E-state index in [-0.39, 0.29) is 11.8 Å². The number of rotatable bonds is 6. The quantitative estimate of drug-likeness (QED) is 0.622. The van der Waals surface area contributed by atoms with Crippen LogP contribution in [-0.2, 0) is 6.54 Å². The standard InChI is InChI=1S/C23H21ClN2O2/c1-2-26(16-17-8-4-3-5-9-17)23(28)19-11-6-10-18(14-19)22(27)25-21-13-7-12-20(24)15-21/h3-15H,2,16H2,1H3,(H,25,27). The first kappa shape index (κ1) is 19.6. The molecule has 0 aliphatic rings. The van der Waals surface area contributed by atoms with Gasteiger partial charge in [-0.1, -0.05) is 54.1 Å². The number of benzene rings is 3. The molecule has 0 spiro atoms. The van der Waals surface area contributed by atoms with Gasteiger partial charge >= 0.3 is 0 Å². The molecule has 1 N–H and O–H groups in total. The van der Waals surface area contributed by atoms with Crippen LogP contribution in [0.25, 0.3) is 0 Å². The topological polar surface area (TPSA) is 49.4 Å². The number of hydrogen-bond acceptors (Lipinski definition) is 2. The van der Waals surface area contributed by atoms with Crippen LogP contribution < -0.4 is 5.32 Å². The van der Waals surface area contributed by atoms with Gasteiger partial charge in [0.25, 0.3) is 11.8 Å². The molecule has 142 valence electrons. The largest absolute Gasteiger partial charge is 0.335 e. The van der Waals surface area contributed by atoms with Crippen molar-refractivity contribution < 1.29 is 9.59 Å². The average Bonchev–Trinajstić information content (AvgIpc) is 2.72. The SMILES string of the molecule is CCN(Cc1ccccc1)C(=O)c1cccc(C(=O)Nc2cccc(Cl)c2)c1. The van der Waals surface area contributed by atoms with Gasteiger partial charge in [-0.25, -0.2) is 0 Å². The summed E-state index contributed by atoms with van der Waals surface area (Å²) in [5, 5.41) is 3.34. The number of carbonyl (C=O) groups excluding carboxylic acids is 2. The average molecular weight is 393 g/mol. The van der Waals surface area contributed by atoms with Crippen molar-refractivity contribution >= 4 is 29.1 Å². The molecule has 5 heteroatoms. The summed E-state index contributed by atoms with van der Waals surface area (Å²) in [5.74, 6) is -0.396. The molecular formula is C23H21ClN2O2. The molecule has 0 aromatic heterocycles. The van der Waals surface area contributed by atoms with Crippen LogP contribution in [0.4, 0.5) is 5.69 Å². The molecule has 3 aromatic carbocycles. The minimum Gasteiger partial charge on any atom is -0.335 e. The van der Waals surface area contributed by atoms with Gasteiger partial charge in [0, 0.05) is 34.9 Å². The van der Waals surface area contributed by atoms with Gasteiger partial charge in [0.05, 0.1) is 0 Å². The molecule has 0 radical (unpaired) electrons. The smallest absolute Gasteiger partial charge is 0.255 e. The van der Waals surface area contributed by atoms with E-state index < -0.39 is 0 Å². The Morgan fingerprint density at radius 2 is 1.61 bits per heavy atom. The Morgan fingerprint density at radius 3 is 2.32 bits per heavy atom. The van der Waals surface area contributed by atoms with Gasteiger partial charge in [-0.3, -0.25) is 9.59 Å². The second-order valence-corrected chi connectivity index (χ2v) is 6.79. The van der Waals surface area contributed by atoms with Crippen LogP contribution in [0.3, 0.4) is 0 Å². The van der Waals surface area contributed by atoms with E-state index in [0.29, 0.717) is 34.9 Å². The lowest BCUT2D eigenvalue weighted by Gasteiger charge is -2.21. The Bertz CT molecular complexity index is 973. The van der Waals surface area contributed by atoms with Gasteiger partial charge in [0.15, 0.2) is 0 Å². The highest BCUT2D eigenvalue weighted by atomic mass is 35.5. The number of amides is 2. The number of halogens is 1. The maximum Gasteiger partial charge on any atom is 0.255 e. The summed E-state index contributed by atoms with van der Waals surface area (Å²) in [4.78, 5) is 27.2. The van der Waals surface area contributed by atoms with Gasteiger partial charge in [-0.05, 0) is 48.9 Å². The Kier molecular flexibility index (Phi) is 6.45. The van der Waals surface area contributed by atoms with Gasteiger partial charge in [0.2, 0.25) is 0 Å². The number of hydrogen-bond donors (Lipinski definition) is 1. The lowest BCUT2D eigenvalue weighted by molar-refractivity contribution is 0.0752. The first-order chi connectivity index (χ1) is 13.6. The van der Waals surface area contributed by atoms with E-state index in [4.69, 9.17) is 11.6 Å². The molecule has 0 aliphatic heterocycles. The summed E-state index contributed by atoms with van der Waals surface area (Å²) >= 11 is 5.96. The zero-order valence-electron chi connectivity index (χ0n) is 15.6. The second-order valence-electron chi connectivity index (χ2n) is 6.35. The van der Waals surface area contributed by atoms with Crippen molar-refractivity contribution in [3.8, 4) is 0 Å². The van der Waals surface area contributed by atoms with Gasteiger partial charge in [0.1, 0.15) is 0 Å². The van der Waals surface area contributed by atoms with E-state index in [1.807, 2.05) is 37.3 Å². The fraction of sp³-hybridized carbons (Fsp3) is 0.130. The van der Waals surface area contributed by atoms with Crippen molar-refractivity contribution in [2.24, 2.45) is 0 Å². The maximum absolute atomic E-state index is 12.9. The highest BCUT2D eigenvalue weighted by Gasteiger charge is 2.16. The first-order valence-electron chi connectivity index (χ1n) is 9.07. The van der Waals surface area contributed by atoms with Crippen LogP contribution in [0.2, 0.25) is 5.02 Å². The number of nitrogens with one attached hydrogen (secondary N) is 1. The second kappa shape index (κ2) is 9.20. The lowest BCUT2D eigenvalue weighted by atomic mass is 10.1. The summed E-state index contributed by atoms with van der Waals surface area (Å²) in [6.07, 6.45) is 0. The Hall–Kier alpha value is -3.11.